The Kier molecular flexibility index (Phi) is 64.9. The summed E-state index contributed by atoms with van der Waals surface area (Å²) >= 11 is 0. The van der Waals surface area contributed by atoms with E-state index in [1.54, 1.807) is 0 Å². The Balaban J connectivity index is 5.24. The quantitative estimate of drug-likeness (QED) is 0.0222. The minimum absolute atomic E-state index is 0.107. The summed E-state index contributed by atoms with van der Waals surface area (Å²) < 4.78 is 68.4. The van der Waals surface area contributed by atoms with Crippen molar-refractivity contribution >= 4 is 39.5 Å². The summed E-state index contributed by atoms with van der Waals surface area (Å²) in [6.45, 7) is 7.29. The lowest BCUT2D eigenvalue weighted by Gasteiger charge is -2.21. The van der Waals surface area contributed by atoms with E-state index in [2.05, 4.69) is 34.6 Å². The standard InChI is InChI=1S/C73H142O17P2/c1-6-9-12-15-18-21-24-27-33-37-42-47-52-57-71(76)84-63-69(90-73(78)59-54-49-44-39-34-29-26-25-28-32-35-40-45-50-55-66(4)5)65-88-92(81,82)86-61-67(74)60-85-91(79,80)87-64-68(89-72(77)58-53-48-43-38-31-23-20-17-14-11-8-3)62-83-70(75)56-51-46-41-36-30-22-19-16-13-10-7-2/h66-69,74H,6-65H2,1-5H3,(H,79,80)(H,81,82)/t67-,68+,69+/m0/s1. The molecule has 0 rings (SSSR count). The number of aliphatic hydroxyl groups is 1. The maximum atomic E-state index is 13.1. The number of rotatable bonds is 73. The third-order valence-corrected chi connectivity index (χ3v) is 18.9. The lowest BCUT2D eigenvalue weighted by molar-refractivity contribution is -0.161. The van der Waals surface area contributed by atoms with E-state index in [9.17, 15) is 43.2 Å². The topological polar surface area (TPSA) is 237 Å². The molecule has 0 aliphatic heterocycles. The minimum atomic E-state index is -4.95. The van der Waals surface area contributed by atoms with Gasteiger partial charge in [0, 0.05) is 25.7 Å². The van der Waals surface area contributed by atoms with E-state index in [1.165, 1.54) is 205 Å². The van der Waals surface area contributed by atoms with Crippen LogP contribution in [0.15, 0.2) is 0 Å². The monoisotopic (exact) mass is 1350 g/mol. The first-order valence-corrected chi connectivity index (χ1v) is 41.1. The average Bonchev–Trinajstić information content (AvgIpc) is 2.35. The Morgan fingerprint density at radius 3 is 0.739 bits per heavy atom. The Hall–Kier alpha value is -1.94. The third-order valence-electron chi connectivity index (χ3n) is 17.0. The lowest BCUT2D eigenvalue weighted by Crippen LogP contribution is -2.30. The fourth-order valence-corrected chi connectivity index (χ4v) is 12.8. The highest BCUT2D eigenvalue weighted by Gasteiger charge is 2.30. The molecule has 0 saturated heterocycles. The molecule has 0 fully saturated rings. The molecule has 546 valence electrons. The highest BCUT2D eigenvalue weighted by molar-refractivity contribution is 7.47. The molecule has 0 spiro atoms. The van der Waals surface area contributed by atoms with Crippen molar-refractivity contribution in [3.8, 4) is 0 Å². The van der Waals surface area contributed by atoms with Gasteiger partial charge in [-0.1, -0.05) is 330 Å². The second kappa shape index (κ2) is 66.3. The van der Waals surface area contributed by atoms with Crippen molar-refractivity contribution in [1.82, 2.24) is 0 Å². The van der Waals surface area contributed by atoms with Crippen LogP contribution in [0.5, 0.6) is 0 Å². The molecule has 0 aliphatic carbocycles. The van der Waals surface area contributed by atoms with Gasteiger partial charge in [-0.15, -0.1) is 0 Å². The fraction of sp³-hybridized carbons (Fsp3) is 0.945. The molecule has 17 nitrogen and oxygen atoms in total. The number of carbonyl (C=O) groups excluding carboxylic acids is 4. The van der Waals surface area contributed by atoms with Crippen LogP contribution in [0.2, 0.25) is 0 Å². The number of hydrogen-bond acceptors (Lipinski definition) is 15. The van der Waals surface area contributed by atoms with Gasteiger partial charge in [0.1, 0.15) is 19.3 Å². The number of phosphoric acid groups is 2. The first-order valence-electron chi connectivity index (χ1n) is 38.1. The van der Waals surface area contributed by atoms with E-state index in [4.69, 9.17) is 37.0 Å². The van der Waals surface area contributed by atoms with Crippen molar-refractivity contribution in [3.63, 3.8) is 0 Å². The Morgan fingerprint density at radius 2 is 0.500 bits per heavy atom. The molecule has 19 heteroatoms. The summed E-state index contributed by atoms with van der Waals surface area (Å²) in [4.78, 5) is 72.7. The molecule has 0 aromatic heterocycles. The Bertz CT molecular complexity index is 1770. The second-order valence-corrected chi connectivity index (χ2v) is 29.7. The van der Waals surface area contributed by atoms with E-state index in [0.717, 1.165) is 95.8 Å². The SMILES string of the molecule is CCCCCCCCCCCCCCCC(=O)OC[C@H](COP(=O)(O)OC[C@@H](O)COP(=O)(O)OC[C@@H](COC(=O)CCCCCCCCCCCCC)OC(=O)CCCCCCCCCCCCC)OC(=O)CCCCCCCCCCCCCCCCC(C)C. The van der Waals surface area contributed by atoms with Crippen LogP contribution in [0.25, 0.3) is 0 Å². The van der Waals surface area contributed by atoms with Crippen LogP contribution in [0, 0.1) is 5.92 Å². The van der Waals surface area contributed by atoms with Crippen LogP contribution in [-0.4, -0.2) is 96.7 Å². The molecule has 0 aromatic carbocycles. The molecule has 0 heterocycles. The number of aliphatic hydroxyl groups excluding tert-OH is 1. The van der Waals surface area contributed by atoms with Gasteiger partial charge < -0.3 is 33.8 Å². The van der Waals surface area contributed by atoms with Gasteiger partial charge in [-0.05, 0) is 31.6 Å². The summed E-state index contributed by atoms with van der Waals surface area (Å²) in [6.07, 6.45) is 53.9. The number of ether oxygens (including phenoxy) is 4. The minimum Gasteiger partial charge on any atom is -0.462 e. The number of unbranched alkanes of at least 4 members (excludes halogenated alkanes) is 45. The number of phosphoric ester groups is 2. The van der Waals surface area contributed by atoms with Crippen LogP contribution in [0.1, 0.15) is 381 Å². The predicted octanol–water partition coefficient (Wildman–Crippen LogP) is 21.3. The lowest BCUT2D eigenvalue weighted by atomic mass is 10.0. The molecule has 5 atom stereocenters. The molecule has 92 heavy (non-hydrogen) atoms. The summed E-state index contributed by atoms with van der Waals surface area (Å²) in [5.41, 5.74) is 0. The highest BCUT2D eigenvalue weighted by atomic mass is 31.2. The van der Waals surface area contributed by atoms with Crippen molar-refractivity contribution < 1.29 is 80.2 Å². The van der Waals surface area contributed by atoms with Gasteiger partial charge in [-0.3, -0.25) is 37.3 Å². The first-order chi connectivity index (χ1) is 44.5. The van der Waals surface area contributed by atoms with Gasteiger partial charge in [0.25, 0.3) is 0 Å². The molecule has 0 saturated carbocycles. The maximum Gasteiger partial charge on any atom is 0.472 e. The van der Waals surface area contributed by atoms with Crippen molar-refractivity contribution in [2.75, 3.05) is 39.6 Å². The van der Waals surface area contributed by atoms with Crippen LogP contribution in [0.4, 0.5) is 0 Å². The molecule has 3 N–H and O–H groups in total. The van der Waals surface area contributed by atoms with E-state index in [-0.39, 0.29) is 25.7 Å². The number of hydrogen-bond donors (Lipinski definition) is 3. The van der Waals surface area contributed by atoms with Crippen LogP contribution in [-0.2, 0) is 65.4 Å². The summed E-state index contributed by atoms with van der Waals surface area (Å²) in [7, 11) is -9.90. The fourth-order valence-electron chi connectivity index (χ4n) is 11.2. The van der Waals surface area contributed by atoms with E-state index >= 15 is 0 Å². The Morgan fingerprint density at radius 1 is 0.293 bits per heavy atom. The smallest absolute Gasteiger partial charge is 0.462 e. The normalized spacial score (nSPS) is 14.0. The van der Waals surface area contributed by atoms with Crippen LogP contribution < -0.4 is 0 Å². The van der Waals surface area contributed by atoms with Gasteiger partial charge in [0.05, 0.1) is 26.4 Å². The predicted molar refractivity (Wildman–Crippen MR) is 372 cm³/mol. The molecule has 0 amide bonds. The molecule has 0 aromatic rings. The van der Waals surface area contributed by atoms with Crippen molar-refractivity contribution in [2.24, 2.45) is 5.92 Å². The van der Waals surface area contributed by atoms with Gasteiger partial charge >= 0.3 is 39.5 Å². The number of carbonyl (C=O) groups is 4. The largest absolute Gasteiger partial charge is 0.472 e. The molecular weight excluding hydrogens is 1210 g/mol. The summed E-state index contributed by atoms with van der Waals surface area (Å²) in [5.74, 6) is -1.32. The van der Waals surface area contributed by atoms with Gasteiger partial charge in [-0.2, -0.15) is 0 Å². The zero-order valence-corrected chi connectivity index (χ0v) is 61.5. The van der Waals surface area contributed by atoms with Crippen LogP contribution >= 0.6 is 15.6 Å². The van der Waals surface area contributed by atoms with E-state index in [1.807, 2.05) is 0 Å². The number of esters is 4. The highest BCUT2D eigenvalue weighted by Crippen LogP contribution is 2.45. The second-order valence-electron chi connectivity index (χ2n) is 26.8. The molecule has 0 radical (unpaired) electrons. The van der Waals surface area contributed by atoms with E-state index in [0.29, 0.717) is 25.7 Å². The Labute approximate surface area is 562 Å². The zero-order chi connectivity index (χ0) is 67.7. The van der Waals surface area contributed by atoms with Gasteiger partial charge in [0.2, 0.25) is 0 Å². The average molecular weight is 1350 g/mol. The van der Waals surface area contributed by atoms with Crippen molar-refractivity contribution in [3.05, 3.63) is 0 Å². The van der Waals surface area contributed by atoms with Crippen molar-refractivity contribution in [2.45, 2.75) is 400 Å². The van der Waals surface area contributed by atoms with Gasteiger partial charge in [-0.25, -0.2) is 9.13 Å². The third kappa shape index (κ3) is 66.7. The molecular formula is C73H142O17P2. The van der Waals surface area contributed by atoms with Crippen molar-refractivity contribution in [1.29, 1.82) is 0 Å². The first kappa shape index (κ1) is 90.1. The van der Waals surface area contributed by atoms with Crippen LogP contribution in [0.3, 0.4) is 0 Å². The molecule has 2 unspecified atom stereocenters. The zero-order valence-electron chi connectivity index (χ0n) is 59.7. The molecule has 0 bridgehead atoms. The maximum absolute atomic E-state index is 13.1. The van der Waals surface area contributed by atoms with Gasteiger partial charge in [0.15, 0.2) is 12.2 Å². The summed E-state index contributed by atoms with van der Waals surface area (Å²) in [5, 5.41) is 10.6. The summed E-state index contributed by atoms with van der Waals surface area (Å²) in [6, 6.07) is 0. The molecule has 0 aliphatic rings. The van der Waals surface area contributed by atoms with E-state index < -0.39 is 97.5 Å².